The van der Waals surface area contributed by atoms with Crippen LogP contribution in [0.15, 0.2) is 122 Å². The minimum atomic E-state index is 0.814. The fourth-order valence-corrected chi connectivity index (χ4v) is 4.75. The lowest BCUT2D eigenvalue weighted by Crippen LogP contribution is -1.95. The molecule has 2 aromatic heterocycles. The van der Waals surface area contributed by atoms with Crippen LogP contribution in [-0.4, -0.2) is 9.97 Å². The molecule has 2 heteroatoms. The van der Waals surface area contributed by atoms with Crippen molar-refractivity contribution in [2.24, 2.45) is 0 Å². The third-order valence-electron chi connectivity index (χ3n) is 6.44. The average Bonchev–Trinajstić information content (AvgIpc) is 2.90. The van der Waals surface area contributed by atoms with Gasteiger partial charge in [-0.2, -0.15) is 0 Å². The Morgan fingerprint density at radius 3 is 1.41 bits per heavy atom. The van der Waals surface area contributed by atoms with Crippen molar-refractivity contribution in [1.82, 2.24) is 9.97 Å². The number of pyridine rings is 2. The van der Waals surface area contributed by atoms with E-state index in [1.807, 2.05) is 12.4 Å². The number of benzene rings is 4. The zero-order valence-corrected chi connectivity index (χ0v) is 18.9. The monoisotopic (exact) mass is 436 g/mol. The van der Waals surface area contributed by atoms with Gasteiger partial charge in [0.05, 0.1) is 11.4 Å². The van der Waals surface area contributed by atoms with Gasteiger partial charge in [-0.15, -0.1) is 0 Å². The lowest BCUT2D eigenvalue weighted by atomic mass is 9.96. The van der Waals surface area contributed by atoms with E-state index < -0.39 is 0 Å². The number of rotatable bonds is 5. The summed E-state index contributed by atoms with van der Waals surface area (Å²) >= 11 is 0. The maximum atomic E-state index is 4.68. The molecule has 0 saturated carbocycles. The molecular weight excluding hydrogens is 412 g/mol. The van der Waals surface area contributed by atoms with Crippen LogP contribution in [0.1, 0.15) is 22.5 Å². The summed E-state index contributed by atoms with van der Waals surface area (Å²) in [5.74, 6) is 0. The highest BCUT2D eigenvalue weighted by Gasteiger charge is 2.08. The average molecular weight is 437 g/mol. The Labute approximate surface area is 199 Å². The zero-order chi connectivity index (χ0) is 22.7. The second-order valence-electron chi connectivity index (χ2n) is 8.71. The van der Waals surface area contributed by atoms with E-state index in [2.05, 4.69) is 119 Å². The Kier molecular flexibility index (Phi) is 5.33. The molecule has 0 radical (unpaired) electrons. The SMILES string of the molecule is c1cc(Cc2nccc3ccccc23)cc(-c2cccc(Cc3nccc4ccccc34)c2)c1. The van der Waals surface area contributed by atoms with Crippen molar-refractivity contribution < 1.29 is 0 Å². The van der Waals surface area contributed by atoms with Crippen LogP contribution in [0.2, 0.25) is 0 Å². The molecular formula is C32H24N2. The van der Waals surface area contributed by atoms with Crippen LogP contribution in [0, 0.1) is 0 Å². The quantitative estimate of drug-likeness (QED) is 0.278. The minimum absolute atomic E-state index is 0.814. The molecule has 0 unspecified atom stereocenters. The lowest BCUT2D eigenvalue weighted by Gasteiger charge is -2.10. The van der Waals surface area contributed by atoms with Crippen molar-refractivity contribution in [3.8, 4) is 11.1 Å². The fraction of sp³-hybridized carbons (Fsp3) is 0.0625. The third kappa shape index (κ3) is 4.06. The van der Waals surface area contributed by atoms with Crippen LogP contribution in [0.4, 0.5) is 0 Å². The Balaban J connectivity index is 1.30. The van der Waals surface area contributed by atoms with Crippen molar-refractivity contribution in [3.05, 3.63) is 144 Å². The first-order chi connectivity index (χ1) is 16.8. The van der Waals surface area contributed by atoms with Gasteiger partial charge in [0.2, 0.25) is 0 Å². The van der Waals surface area contributed by atoms with Crippen molar-refractivity contribution in [3.63, 3.8) is 0 Å². The summed E-state index contributed by atoms with van der Waals surface area (Å²) in [5.41, 5.74) is 7.22. The molecule has 0 bridgehead atoms. The molecule has 6 rings (SSSR count). The summed E-state index contributed by atoms with van der Waals surface area (Å²) in [5, 5.41) is 4.91. The molecule has 6 aromatic rings. The van der Waals surface area contributed by atoms with Crippen LogP contribution in [0.25, 0.3) is 32.7 Å². The Morgan fingerprint density at radius 2 is 0.912 bits per heavy atom. The Bertz CT molecular complexity index is 1480. The predicted molar refractivity (Wildman–Crippen MR) is 141 cm³/mol. The third-order valence-corrected chi connectivity index (χ3v) is 6.44. The lowest BCUT2D eigenvalue weighted by molar-refractivity contribution is 1.09. The number of hydrogen-bond acceptors (Lipinski definition) is 2. The van der Waals surface area contributed by atoms with E-state index in [1.54, 1.807) is 0 Å². The van der Waals surface area contributed by atoms with E-state index in [4.69, 9.17) is 0 Å². The summed E-state index contributed by atoms with van der Waals surface area (Å²) in [7, 11) is 0. The molecule has 0 spiro atoms. The molecule has 0 aliphatic heterocycles. The second kappa shape index (κ2) is 8.92. The molecule has 0 N–H and O–H groups in total. The number of nitrogens with zero attached hydrogens (tertiary/aromatic N) is 2. The summed E-state index contributed by atoms with van der Waals surface area (Å²) in [4.78, 5) is 9.37. The van der Waals surface area contributed by atoms with Crippen molar-refractivity contribution >= 4 is 21.5 Å². The number of aromatic nitrogens is 2. The Hall–Kier alpha value is -4.30. The molecule has 2 nitrogen and oxygen atoms in total. The van der Waals surface area contributed by atoms with Gasteiger partial charge in [-0.1, -0.05) is 97.1 Å². The first-order valence-electron chi connectivity index (χ1n) is 11.7. The maximum absolute atomic E-state index is 4.68. The normalized spacial score (nSPS) is 11.2. The van der Waals surface area contributed by atoms with Gasteiger partial charge in [0.25, 0.3) is 0 Å². The van der Waals surface area contributed by atoms with Crippen LogP contribution >= 0.6 is 0 Å². The van der Waals surface area contributed by atoms with Gasteiger partial charge in [-0.05, 0) is 45.2 Å². The molecule has 0 amide bonds. The van der Waals surface area contributed by atoms with Crippen molar-refractivity contribution in [2.75, 3.05) is 0 Å². The standard InChI is InChI=1S/C32H24N2/c1-3-13-29-25(9-1)15-17-33-31(29)21-23-7-5-11-27(19-23)28-12-6-8-24(20-28)22-32-30-14-4-2-10-26(30)16-18-34-32/h1-20H,21-22H2. The van der Waals surface area contributed by atoms with Crippen LogP contribution < -0.4 is 0 Å². The predicted octanol–water partition coefficient (Wildman–Crippen LogP) is 7.63. The highest BCUT2D eigenvalue weighted by atomic mass is 14.7. The first kappa shape index (κ1) is 20.3. The number of hydrogen-bond donors (Lipinski definition) is 0. The molecule has 0 atom stereocenters. The molecule has 0 aliphatic rings. The highest BCUT2D eigenvalue weighted by Crippen LogP contribution is 2.26. The molecule has 34 heavy (non-hydrogen) atoms. The largest absolute Gasteiger partial charge is 0.260 e. The Morgan fingerprint density at radius 1 is 0.441 bits per heavy atom. The molecule has 0 fully saturated rings. The molecule has 162 valence electrons. The molecule has 2 heterocycles. The van der Waals surface area contributed by atoms with E-state index in [-0.39, 0.29) is 0 Å². The fourth-order valence-electron chi connectivity index (χ4n) is 4.75. The maximum Gasteiger partial charge on any atom is 0.0525 e. The van der Waals surface area contributed by atoms with Crippen LogP contribution in [0.3, 0.4) is 0 Å². The van der Waals surface area contributed by atoms with Crippen LogP contribution in [0.5, 0.6) is 0 Å². The molecule has 0 saturated heterocycles. The van der Waals surface area contributed by atoms with Crippen molar-refractivity contribution in [2.45, 2.75) is 12.8 Å². The van der Waals surface area contributed by atoms with Crippen LogP contribution in [-0.2, 0) is 12.8 Å². The van der Waals surface area contributed by atoms with E-state index in [0.29, 0.717) is 0 Å². The van der Waals surface area contributed by atoms with Gasteiger partial charge < -0.3 is 0 Å². The van der Waals surface area contributed by atoms with Gasteiger partial charge in [0, 0.05) is 36.0 Å². The minimum Gasteiger partial charge on any atom is -0.260 e. The van der Waals surface area contributed by atoms with Gasteiger partial charge in [0.1, 0.15) is 0 Å². The van der Waals surface area contributed by atoms with Crippen molar-refractivity contribution in [1.29, 1.82) is 0 Å². The highest BCUT2D eigenvalue weighted by molar-refractivity contribution is 5.85. The van der Waals surface area contributed by atoms with Gasteiger partial charge >= 0.3 is 0 Å². The summed E-state index contributed by atoms with van der Waals surface area (Å²) in [6.45, 7) is 0. The van der Waals surface area contributed by atoms with Gasteiger partial charge in [-0.3, -0.25) is 9.97 Å². The molecule has 4 aromatic carbocycles. The van der Waals surface area contributed by atoms with E-state index >= 15 is 0 Å². The second-order valence-corrected chi connectivity index (χ2v) is 8.71. The summed E-state index contributed by atoms with van der Waals surface area (Å²) < 4.78 is 0. The summed E-state index contributed by atoms with van der Waals surface area (Å²) in [6.07, 6.45) is 5.45. The van der Waals surface area contributed by atoms with E-state index in [9.17, 15) is 0 Å². The summed E-state index contributed by atoms with van der Waals surface area (Å²) in [6, 6.07) is 38.7. The molecule has 0 aliphatic carbocycles. The van der Waals surface area contributed by atoms with Gasteiger partial charge in [-0.25, -0.2) is 0 Å². The van der Waals surface area contributed by atoms with Gasteiger partial charge in [0.15, 0.2) is 0 Å². The zero-order valence-electron chi connectivity index (χ0n) is 18.9. The van der Waals surface area contributed by atoms with E-state index in [1.165, 1.54) is 43.8 Å². The van der Waals surface area contributed by atoms with E-state index in [0.717, 1.165) is 24.2 Å². The first-order valence-corrected chi connectivity index (χ1v) is 11.7. The topological polar surface area (TPSA) is 25.8 Å². The number of fused-ring (bicyclic) bond motifs is 2. The smallest absolute Gasteiger partial charge is 0.0525 e.